The first-order valence-electron chi connectivity index (χ1n) is 8.90. The molecule has 0 unspecified atom stereocenters. The van der Waals surface area contributed by atoms with Gasteiger partial charge in [-0.15, -0.1) is 0 Å². The number of benzene rings is 2. The number of aryl methyl sites for hydroxylation is 1. The van der Waals surface area contributed by atoms with E-state index in [4.69, 9.17) is 0 Å². The van der Waals surface area contributed by atoms with Gasteiger partial charge in [-0.3, -0.25) is 4.79 Å². The number of nitrogens with one attached hydrogen (secondary N) is 1. The zero-order valence-electron chi connectivity index (χ0n) is 16.5. The van der Waals surface area contributed by atoms with E-state index in [1.807, 2.05) is 19.1 Å². The van der Waals surface area contributed by atoms with E-state index in [9.17, 15) is 13.2 Å². The van der Waals surface area contributed by atoms with E-state index in [2.05, 4.69) is 30.1 Å². The SMILES string of the molecule is CCN(CC)c1ccc(NC(=O)c2ccc(S(=O)(=O)N(C)C)cc2)c(C)c1. The topological polar surface area (TPSA) is 69.7 Å². The van der Waals surface area contributed by atoms with E-state index in [0.29, 0.717) is 5.56 Å². The van der Waals surface area contributed by atoms with Crippen LogP contribution in [0.15, 0.2) is 47.4 Å². The molecule has 0 aliphatic heterocycles. The molecule has 146 valence electrons. The monoisotopic (exact) mass is 389 g/mol. The number of sulfonamides is 1. The van der Waals surface area contributed by atoms with Crippen molar-refractivity contribution < 1.29 is 13.2 Å². The Morgan fingerprint density at radius 3 is 2.07 bits per heavy atom. The van der Waals surface area contributed by atoms with Crippen molar-refractivity contribution in [2.24, 2.45) is 0 Å². The van der Waals surface area contributed by atoms with Crippen LogP contribution in [-0.2, 0) is 10.0 Å². The quantitative estimate of drug-likeness (QED) is 0.788. The molecule has 0 atom stereocenters. The van der Waals surface area contributed by atoms with Crippen LogP contribution in [0.4, 0.5) is 11.4 Å². The maximum Gasteiger partial charge on any atom is 0.255 e. The number of hydrogen-bond donors (Lipinski definition) is 1. The summed E-state index contributed by atoms with van der Waals surface area (Å²) in [7, 11) is -0.560. The van der Waals surface area contributed by atoms with Crippen LogP contribution in [0, 0.1) is 6.92 Å². The Kier molecular flexibility index (Phi) is 6.62. The van der Waals surface area contributed by atoms with Gasteiger partial charge >= 0.3 is 0 Å². The van der Waals surface area contributed by atoms with Crippen molar-refractivity contribution in [3.63, 3.8) is 0 Å². The third-order valence-corrected chi connectivity index (χ3v) is 6.31. The van der Waals surface area contributed by atoms with Crippen LogP contribution in [0.25, 0.3) is 0 Å². The van der Waals surface area contributed by atoms with E-state index in [-0.39, 0.29) is 10.8 Å². The summed E-state index contributed by atoms with van der Waals surface area (Å²) in [6, 6.07) is 11.9. The van der Waals surface area contributed by atoms with Crippen molar-refractivity contribution in [1.82, 2.24) is 4.31 Å². The molecular formula is C20H27N3O3S. The van der Waals surface area contributed by atoms with Gasteiger partial charge < -0.3 is 10.2 Å². The van der Waals surface area contributed by atoms with Crippen molar-refractivity contribution in [3.8, 4) is 0 Å². The molecule has 0 aliphatic carbocycles. The summed E-state index contributed by atoms with van der Waals surface area (Å²) < 4.78 is 25.4. The number of hydrogen-bond acceptors (Lipinski definition) is 4. The van der Waals surface area contributed by atoms with Crippen molar-refractivity contribution in [1.29, 1.82) is 0 Å². The molecule has 6 nitrogen and oxygen atoms in total. The lowest BCUT2D eigenvalue weighted by Crippen LogP contribution is -2.22. The van der Waals surface area contributed by atoms with Crippen LogP contribution in [0.2, 0.25) is 0 Å². The fourth-order valence-corrected chi connectivity index (χ4v) is 3.66. The lowest BCUT2D eigenvalue weighted by Gasteiger charge is -2.22. The van der Waals surface area contributed by atoms with Gasteiger partial charge in [-0.1, -0.05) is 0 Å². The number of carbonyl (C=O) groups is 1. The molecule has 0 saturated carbocycles. The standard InChI is InChI=1S/C20H27N3O3S/c1-6-23(7-2)17-10-13-19(15(3)14-17)21-20(24)16-8-11-18(12-9-16)27(25,26)22(4)5/h8-14H,6-7H2,1-5H3,(H,21,24). The molecule has 7 heteroatoms. The lowest BCUT2D eigenvalue weighted by atomic mass is 10.1. The van der Waals surface area contributed by atoms with Crippen LogP contribution in [-0.4, -0.2) is 45.8 Å². The highest BCUT2D eigenvalue weighted by molar-refractivity contribution is 7.89. The van der Waals surface area contributed by atoms with Gasteiger partial charge in [0.25, 0.3) is 5.91 Å². The van der Waals surface area contributed by atoms with Gasteiger partial charge in [-0.25, -0.2) is 12.7 Å². The third kappa shape index (κ3) is 4.67. The summed E-state index contributed by atoms with van der Waals surface area (Å²) in [5.41, 5.74) is 3.23. The fraction of sp³-hybridized carbons (Fsp3) is 0.350. The molecule has 0 aliphatic rings. The van der Waals surface area contributed by atoms with E-state index in [1.165, 1.54) is 38.4 Å². The second kappa shape index (κ2) is 8.54. The van der Waals surface area contributed by atoms with Crippen molar-refractivity contribution in [3.05, 3.63) is 53.6 Å². The summed E-state index contributed by atoms with van der Waals surface area (Å²) in [5.74, 6) is -0.275. The number of anilines is 2. The van der Waals surface area contributed by atoms with E-state index < -0.39 is 10.0 Å². The molecule has 0 saturated heterocycles. The van der Waals surface area contributed by atoms with Crippen LogP contribution in [0.1, 0.15) is 29.8 Å². The highest BCUT2D eigenvalue weighted by Crippen LogP contribution is 2.23. The Morgan fingerprint density at radius 1 is 1.00 bits per heavy atom. The minimum atomic E-state index is -3.51. The second-order valence-electron chi connectivity index (χ2n) is 6.44. The van der Waals surface area contributed by atoms with Crippen LogP contribution >= 0.6 is 0 Å². The summed E-state index contributed by atoms with van der Waals surface area (Å²) >= 11 is 0. The molecule has 2 aromatic rings. The number of rotatable bonds is 7. The van der Waals surface area contributed by atoms with Gasteiger partial charge in [0.2, 0.25) is 10.0 Å². The van der Waals surface area contributed by atoms with Gasteiger partial charge in [0.1, 0.15) is 0 Å². The largest absolute Gasteiger partial charge is 0.372 e. The van der Waals surface area contributed by atoms with Crippen molar-refractivity contribution in [2.75, 3.05) is 37.4 Å². The molecule has 1 amide bonds. The Labute approximate surface area is 161 Å². The van der Waals surface area contributed by atoms with Crippen LogP contribution < -0.4 is 10.2 Å². The second-order valence-corrected chi connectivity index (χ2v) is 8.59. The predicted octanol–water partition coefficient (Wildman–Crippen LogP) is 3.34. The Hall–Kier alpha value is -2.38. The summed E-state index contributed by atoms with van der Waals surface area (Å²) in [6.07, 6.45) is 0. The molecule has 0 aromatic heterocycles. The summed E-state index contributed by atoms with van der Waals surface area (Å²) in [5, 5.41) is 2.89. The first kappa shape index (κ1) is 20.9. The molecule has 2 aromatic carbocycles. The van der Waals surface area contributed by atoms with Crippen LogP contribution in [0.3, 0.4) is 0 Å². The zero-order chi connectivity index (χ0) is 20.2. The number of carbonyl (C=O) groups excluding carboxylic acids is 1. The Morgan fingerprint density at radius 2 is 1.59 bits per heavy atom. The molecule has 2 rings (SSSR count). The number of nitrogens with zero attached hydrogens (tertiary/aromatic N) is 2. The fourth-order valence-electron chi connectivity index (χ4n) is 2.76. The highest BCUT2D eigenvalue weighted by Gasteiger charge is 2.17. The van der Waals surface area contributed by atoms with Gasteiger partial charge in [0.15, 0.2) is 0 Å². The van der Waals surface area contributed by atoms with Crippen molar-refractivity contribution >= 4 is 27.3 Å². The molecule has 0 heterocycles. The average molecular weight is 390 g/mol. The minimum Gasteiger partial charge on any atom is -0.372 e. The highest BCUT2D eigenvalue weighted by atomic mass is 32.2. The van der Waals surface area contributed by atoms with E-state index >= 15 is 0 Å². The van der Waals surface area contributed by atoms with Gasteiger partial charge in [-0.05, 0) is 68.8 Å². The molecule has 27 heavy (non-hydrogen) atoms. The average Bonchev–Trinajstić information content (AvgIpc) is 2.64. The van der Waals surface area contributed by atoms with Gasteiger partial charge in [-0.2, -0.15) is 0 Å². The number of amides is 1. The summed E-state index contributed by atoms with van der Waals surface area (Å²) in [6.45, 7) is 8.01. The first-order chi connectivity index (χ1) is 12.7. The molecule has 0 bridgehead atoms. The Balaban J connectivity index is 2.18. The molecule has 1 N–H and O–H groups in total. The van der Waals surface area contributed by atoms with Crippen molar-refractivity contribution in [2.45, 2.75) is 25.7 Å². The predicted molar refractivity (Wildman–Crippen MR) is 110 cm³/mol. The molecule has 0 spiro atoms. The normalized spacial score (nSPS) is 11.5. The molecular weight excluding hydrogens is 362 g/mol. The smallest absolute Gasteiger partial charge is 0.255 e. The minimum absolute atomic E-state index is 0.156. The first-order valence-corrected chi connectivity index (χ1v) is 10.3. The van der Waals surface area contributed by atoms with Crippen LogP contribution in [0.5, 0.6) is 0 Å². The molecule has 0 radical (unpaired) electrons. The third-order valence-electron chi connectivity index (χ3n) is 4.48. The molecule has 0 fully saturated rings. The van der Waals surface area contributed by atoms with E-state index in [0.717, 1.165) is 34.3 Å². The summed E-state index contributed by atoms with van der Waals surface area (Å²) in [4.78, 5) is 14.9. The maximum absolute atomic E-state index is 12.5. The Bertz CT molecular complexity index is 903. The van der Waals surface area contributed by atoms with E-state index in [1.54, 1.807) is 0 Å². The van der Waals surface area contributed by atoms with Gasteiger partial charge in [0, 0.05) is 44.1 Å². The zero-order valence-corrected chi connectivity index (χ0v) is 17.3. The lowest BCUT2D eigenvalue weighted by molar-refractivity contribution is 0.102. The van der Waals surface area contributed by atoms with Gasteiger partial charge in [0.05, 0.1) is 4.90 Å². The maximum atomic E-state index is 12.5.